The van der Waals surface area contributed by atoms with Gasteiger partial charge < -0.3 is 19.3 Å². The van der Waals surface area contributed by atoms with Crippen molar-refractivity contribution in [3.63, 3.8) is 0 Å². The summed E-state index contributed by atoms with van der Waals surface area (Å²) in [6, 6.07) is 13.4. The molecule has 1 aliphatic heterocycles. The third-order valence-corrected chi connectivity index (χ3v) is 7.94. The van der Waals surface area contributed by atoms with Gasteiger partial charge in [0.1, 0.15) is 11.5 Å². The summed E-state index contributed by atoms with van der Waals surface area (Å²) in [4.78, 5) is 33.5. The van der Waals surface area contributed by atoms with Crippen molar-refractivity contribution >= 4 is 44.1 Å². The van der Waals surface area contributed by atoms with Crippen LogP contribution >= 0.6 is 11.3 Å². The Balaban J connectivity index is 1.75. The average molecular weight is 559 g/mol. The molecular formula is C31H30N2O6S. The fraction of sp³-hybridized carbons (Fsp3) is 0.258. The van der Waals surface area contributed by atoms with Gasteiger partial charge >= 0.3 is 5.91 Å². The number of carbonyl (C=O) groups is 2. The number of Topliss-reactive ketones (excluding diaryl/α,β-unsaturated/α-hetero) is 1. The van der Waals surface area contributed by atoms with Crippen molar-refractivity contribution in [2.45, 2.75) is 33.7 Å². The summed E-state index contributed by atoms with van der Waals surface area (Å²) in [7, 11) is 3.09. The second-order valence-electron chi connectivity index (χ2n) is 9.62. The van der Waals surface area contributed by atoms with Gasteiger partial charge in [0.2, 0.25) is 0 Å². The lowest BCUT2D eigenvalue weighted by Crippen LogP contribution is -2.29. The number of aliphatic hydroxyl groups is 1. The Kier molecular flexibility index (Phi) is 7.25. The van der Waals surface area contributed by atoms with Crippen molar-refractivity contribution in [3.05, 3.63) is 81.9 Å². The second-order valence-corrected chi connectivity index (χ2v) is 10.6. The molecule has 0 aliphatic carbocycles. The number of benzene rings is 3. The van der Waals surface area contributed by atoms with Gasteiger partial charge in [-0.1, -0.05) is 23.5 Å². The van der Waals surface area contributed by atoms with Crippen molar-refractivity contribution in [2.75, 3.05) is 25.7 Å². The minimum atomic E-state index is -0.950. The molecule has 1 aliphatic rings. The van der Waals surface area contributed by atoms with Crippen molar-refractivity contribution in [1.29, 1.82) is 0 Å². The highest BCUT2D eigenvalue weighted by atomic mass is 32.1. The van der Waals surface area contributed by atoms with Gasteiger partial charge in [-0.3, -0.25) is 14.5 Å². The Morgan fingerprint density at radius 1 is 0.950 bits per heavy atom. The molecule has 1 amide bonds. The number of hydrogen-bond acceptors (Lipinski definition) is 8. The molecule has 2 heterocycles. The topological polar surface area (TPSA) is 98.2 Å². The van der Waals surface area contributed by atoms with Crippen LogP contribution in [0.15, 0.2) is 54.1 Å². The molecule has 206 valence electrons. The molecule has 4 aromatic rings. The summed E-state index contributed by atoms with van der Waals surface area (Å²) in [5.74, 6) is -0.222. The molecular weight excluding hydrogens is 528 g/mol. The molecule has 0 saturated carbocycles. The van der Waals surface area contributed by atoms with E-state index in [1.165, 1.54) is 23.3 Å². The van der Waals surface area contributed by atoms with Crippen molar-refractivity contribution in [1.82, 2.24) is 4.98 Å². The second kappa shape index (κ2) is 10.7. The first-order valence-corrected chi connectivity index (χ1v) is 13.6. The number of amides is 1. The first-order chi connectivity index (χ1) is 19.2. The summed E-state index contributed by atoms with van der Waals surface area (Å²) >= 11 is 1.33. The Morgan fingerprint density at radius 3 is 2.35 bits per heavy atom. The number of aliphatic hydroxyl groups excluding tert-OH is 1. The zero-order valence-electron chi connectivity index (χ0n) is 23.2. The Morgan fingerprint density at radius 2 is 1.68 bits per heavy atom. The van der Waals surface area contributed by atoms with E-state index in [1.54, 1.807) is 43.5 Å². The van der Waals surface area contributed by atoms with E-state index in [-0.39, 0.29) is 11.3 Å². The minimum absolute atomic E-state index is 0.0343. The van der Waals surface area contributed by atoms with Crippen LogP contribution in [0.5, 0.6) is 17.2 Å². The summed E-state index contributed by atoms with van der Waals surface area (Å²) in [6.07, 6.45) is 0. The summed E-state index contributed by atoms with van der Waals surface area (Å²) in [6.45, 7) is 8.12. The third-order valence-electron chi connectivity index (χ3n) is 6.94. The molecule has 1 unspecified atom stereocenters. The van der Waals surface area contributed by atoms with Gasteiger partial charge in [0.25, 0.3) is 5.78 Å². The maximum atomic E-state index is 13.7. The van der Waals surface area contributed by atoms with Crippen LogP contribution in [0.2, 0.25) is 0 Å². The first kappa shape index (κ1) is 27.2. The van der Waals surface area contributed by atoms with Crippen LogP contribution in [0.3, 0.4) is 0 Å². The van der Waals surface area contributed by atoms with Crippen LogP contribution < -0.4 is 19.1 Å². The molecule has 0 spiro atoms. The number of methoxy groups -OCH3 is 2. The SMILES string of the molecule is CCOc1ccc(C2/C(=C(\O)c3ccc(OC)c(C)c3)C(=O)C(=O)N2c2nc3c(C)cc(C)cc3s2)cc1OC. The van der Waals surface area contributed by atoms with Gasteiger partial charge in [-0.05, 0) is 86.3 Å². The number of carbonyl (C=O) groups excluding carboxylic acids is 2. The Bertz CT molecular complexity index is 1690. The molecule has 9 heteroatoms. The molecule has 40 heavy (non-hydrogen) atoms. The quantitative estimate of drug-likeness (QED) is 0.162. The highest BCUT2D eigenvalue weighted by Crippen LogP contribution is 2.46. The largest absolute Gasteiger partial charge is 0.507 e. The van der Waals surface area contributed by atoms with E-state index in [9.17, 15) is 14.7 Å². The van der Waals surface area contributed by atoms with Crippen molar-refractivity contribution in [2.24, 2.45) is 0 Å². The van der Waals surface area contributed by atoms with Gasteiger partial charge in [0.05, 0.1) is 42.7 Å². The molecule has 1 saturated heterocycles. The fourth-order valence-corrected chi connectivity index (χ4v) is 6.29. The lowest BCUT2D eigenvalue weighted by molar-refractivity contribution is -0.132. The maximum Gasteiger partial charge on any atom is 0.301 e. The number of aryl methyl sites for hydroxylation is 3. The van der Waals surface area contributed by atoms with E-state index >= 15 is 0 Å². The van der Waals surface area contributed by atoms with Gasteiger partial charge in [-0.2, -0.15) is 0 Å². The van der Waals surface area contributed by atoms with E-state index in [4.69, 9.17) is 19.2 Å². The zero-order valence-corrected chi connectivity index (χ0v) is 24.0. The molecule has 5 rings (SSSR count). The van der Waals surface area contributed by atoms with Crippen LogP contribution in [-0.2, 0) is 9.59 Å². The summed E-state index contributed by atoms with van der Waals surface area (Å²) in [5, 5.41) is 11.9. The molecule has 0 radical (unpaired) electrons. The van der Waals surface area contributed by atoms with Crippen LogP contribution in [-0.4, -0.2) is 42.6 Å². The number of aromatic nitrogens is 1. The van der Waals surface area contributed by atoms with Crippen LogP contribution in [0.4, 0.5) is 5.13 Å². The van der Waals surface area contributed by atoms with Gasteiger partial charge in [0.15, 0.2) is 16.6 Å². The molecule has 1 atom stereocenters. The maximum absolute atomic E-state index is 13.7. The van der Waals surface area contributed by atoms with E-state index in [0.29, 0.717) is 40.1 Å². The van der Waals surface area contributed by atoms with Crippen LogP contribution in [0, 0.1) is 20.8 Å². The fourth-order valence-electron chi connectivity index (χ4n) is 5.12. The normalized spacial score (nSPS) is 16.6. The summed E-state index contributed by atoms with van der Waals surface area (Å²) < 4.78 is 17.5. The number of anilines is 1. The molecule has 1 aromatic heterocycles. The Hall–Kier alpha value is -4.37. The van der Waals surface area contributed by atoms with E-state index in [2.05, 4.69) is 0 Å². The standard InChI is InChI=1S/C31H30N2O6S/c1-7-39-22-11-8-19(15-23(22)38-6)27-25(28(34)20-9-10-21(37-5)17(3)14-20)29(35)30(36)33(27)31-32-26-18(4)12-16(2)13-24(26)40-31/h8-15,27,34H,7H2,1-6H3/b28-25+. The van der Waals surface area contributed by atoms with Crippen molar-refractivity contribution in [3.8, 4) is 17.2 Å². The van der Waals surface area contributed by atoms with Crippen LogP contribution in [0.1, 0.15) is 40.8 Å². The van der Waals surface area contributed by atoms with Crippen molar-refractivity contribution < 1.29 is 28.9 Å². The number of thiazole rings is 1. The van der Waals surface area contributed by atoms with Crippen LogP contribution in [0.25, 0.3) is 16.0 Å². The molecule has 1 N–H and O–H groups in total. The number of hydrogen-bond donors (Lipinski definition) is 1. The van der Waals surface area contributed by atoms with Gasteiger partial charge in [-0.15, -0.1) is 0 Å². The number of fused-ring (bicyclic) bond motifs is 1. The molecule has 0 bridgehead atoms. The van der Waals surface area contributed by atoms with E-state index in [0.717, 1.165) is 26.9 Å². The smallest absolute Gasteiger partial charge is 0.301 e. The van der Waals surface area contributed by atoms with E-state index < -0.39 is 17.7 Å². The lowest BCUT2D eigenvalue weighted by Gasteiger charge is -2.24. The number of nitrogens with zero attached hydrogens (tertiary/aromatic N) is 2. The monoisotopic (exact) mass is 558 g/mol. The third kappa shape index (κ3) is 4.56. The highest BCUT2D eigenvalue weighted by Gasteiger charge is 2.48. The highest BCUT2D eigenvalue weighted by molar-refractivity contribution is 7.22. The Labute approximate surface area is 236 Å². The zero-order chi connectivity index (χ0) is 28.7. The first-order valence-electron chi connectivity index (χ1n) is 12.8. The summed E-state index contributed by atoms with van der Waals surface area (Å²) in [5.41, 5.74) is 4.52. The number of rotatable bonds is 7. The number of ether oxygens (including phenoxy) is 3. The average Bonchev–Trinajstić information content (AvgIpc) is 3.47. The number of ketones is 1. The van der Waals surface area contributed by atoms with Gasteiger partial charge in [0, 0.05) is 5.56 Å². The lowest BCUT2D eigenvalue weighted by atomic mass is 9.94. The van der Waals surface area contributed by atoms with E-state index in [1.807, 2.05) is 39.8 Å². The predicted octanol–water partition coefficient (Wildman–Crippen LogP) is 6.26. The molecule has 3 aromatic carbocycles. The molecule has 8 nitrogen and oxygen atoms in total. The minimum Gasteiger partial charge on any atom is -0.507 e. The predicted molar refractivity (Wildman–Crippen MR) is 156 cm³/mol. The van der Waals surface area contributed by atoms with Gasteiger partial charge in [-0.25, -0.2) is 4.98 Å². The molecule has 1 fully saturated rings.